The van der Waals surface area contributed by atoms with Crippen molar-refractivity contribution in [1.82, 2.24) is 0 Å². The van der Waals surface area contributed by atoms with Crippen LogP contribution in [0, 0.1) is 0 Å². The minimum Gasteiger partial charge on any atom is -0.479 e. The van der Waals surface area contributed by atoms with Gasteiger partial charge >= 0.3 is 5.97 Å². The van der Waals surface area contributed by atoms with Gasteiger partial charge in [-0.25, -0.2) is 0 Å². The van der Waals surface area contributed by atoms with Crippen LogP contribution < -0.4 is 0 Å². The highest BCUT2D eigenvalue weighted by molar-refractivity contribution is 6.00. The monoisotopic (exact) mass is 278 g/mol. The Kier molecular flexibility index (Phi) is 5.74. The normalized spacial score (nSPS) is 24.0. The molecule has 0 N–H and O–H groups in total. The maximum Gasteiger partial charge on any atom is 0.302 e. The van der Waals surface area contributed by atoms with E-state index in [9.17, 15) is 9.59 Å². The smallest absolute Gasteiger partial charge is 0.302 e. The van der Waals surface area contributed by atoms with Crippen molar-refractivity contribution in [1.29, 1.82) is 0 Å². The van der Waals surface area contributed by atoms with Crippen LogP contribution >= 0.6 is 0 Å². The molecule has 0 aromatic carbocycles. The summed E-state index contributed by atoms with van der Waals surface area (Å²) < 4.78 is 10.7. The second kappa shape index (κ2) is 7.08. The summed E-state index contributed by atoms with van der Waals surface area (Å²) in [7, 11) is 0. The second-order valence-electron chi connectivity index (χ2n) is 5.00. The summed E-state index contributed by atoms with van der Waals surface area (Å²) in [4.78, 5) is 22.8. The van der Waals surface area contributed by atoms with Crippen molar-refractivity contribution in [3.63, 3.8) is 0 Å². The first-order valence-electron chi connectivity index (χ1n) is 6.83. The fourth-order valence-corrected chi connectivity index (χ4v) is 1.92. The van der Waals surface area contributed by atoms with E-state index in [1.165, 1.54) is 13.0 Å². The maximum absolute atomic E-state index is 12.0. The van der Waals surface area contributed by atoms with Crippen molar-refractivity contribution in [2.75, 3.05) is 0 Å². The molecule has 0 aliphatic carbocycles. The molecule has 1 aliphatic heterocycles. The number of allylic oxidation sites excluding steroid dienone is 3. The number of ketones is 1. The van der Waals surface area contributed by atoms with E-state index in [-0.39, 0.29) is 17.9 Å². The molecule has 0 spiro atoms. The summed E-state index contributed by atoms with van der Waals surface area (Å²) in [5.74, 6) is 0.119. The molecule has 20 heavy (non-hydrogen) atoms. The second-order valence-corrected chi connectivity index (χ2v) is 5.00. The molecule has 2 atom stereocenters. The van der Waals surface area contributed by atoms with E-state index in [0.717, 1.165) is 6.42 Å². The molecule has 0 saturated heterocycles. The molecular weight excluding hydrogens is 256 g/mol. The first-order valence-corrected chi connectivity index (χ1v) is 6.83. The highest BCUT2D eigenvalue weighted by atomic mass is 16.5. The van der Waals surface area contributed by atoms with E-state index >= 15 is 0 Å². The van der Waals surface area contributed by atoms with Gasteiger partial charge in [0.1, 0.15) is 11.9 Å². The summed E-state index contributed by atoms with van der Waals surface area (Å²) >= 11 is 0. The van der Waals surface area contributed by atoms with Gasteiger partial charge in [0.05, 0.1) is 0 Å². The quantitative estimate of drug-likeness (QED) is 0.553. The van der Waals surface area contributed by atoms with Crippen molar-refractivity contribution in [2.45, 2.75) is 52.2 Å². The Bertz CT molecular complexity index is 459. The number of esters is 1. The van der Waals surface area contributed by atoms with Crippen molar-refractivity contribution < 1.29 is 19.1 Å². The minimum absolute atomic E-state index is 0.0938. The van der Waals surface area contributed by atoms with E-state index in [4.69, 9.17) is 9.47 Å². The van der Waals surface area contributed by atoms with Crippen LogP contribution in [-0.2, 0) is 19.1 Å². The third kappa shape index (κ3) is 4.68. The molecule has 1 unspecified atom stereocenters. The van der Waals surface area contributed by atoms with Gasteiger partial charge in [0, 0.05) is 19.4 Å². The van der Waals surface area contributed by atoms with Crippen molar-refractivity contribution in [3.05, 3.63) is 36.1 Å². The Morgan fingerprint density at radius 2 is 2.20 bits per heavy atom. The van der Waals surface area contributed by atoms with E-state index in [1.54, 1.807) is 19.9 Å². The lowest BCUT2D eigenvalue weighted by molar-refractivity contribution is -0.145. The molecule has 0 amide bonds. The van der Waals surface area contributed by atoms with E-state index in [1.807, 2.05) is 25.2 Å². The summed E-state index contributed by atoms with van der Waals surface area (Å²) in [5.41, 5.74) is -0.955. The molecular formula is C16H22O4. The number of rotatable bonds is 6. The maximum atomic E-state index is 12.0. The molecule has 0 fully saturated rings. The third-order valence-corrected chi connectivity index (χ3v) is 2.88. The van der Waals surface area contributed by atoms with Crippen LogP contribution in [-0.4, -0.2) is 23.5 Å². The molecule has 1 heterocycles. The Labute approximate surface area is 120 Å². The van der Waals surface area contributed by atoms with Crippen molar-refractivity contribution in [2.24, 2.45) is 0 Å². The van der Waals surface area contributed by atoms with Crippen LogP contribution in [0.4, 0.5) is 0 Å². The van der Waals surface area contributed by atoms with Gasteiger partial charge < -0.3 is 9.47 Å². The number of carbonyl (C=O) groups is 2. The Balaban J connectivity index is 2.62. The van der Waals surface area contributed by atoms with Crippen LogP contribution in [0.2, 0.25) is 0 Å². The van der Waals surface area contributed by atoms with Gasteiger partial charge in [-0.2, -0.15) is 0 Å². The van der Waals surface area contributed by atoms with Crippen LogP contribution in [0.5, 0.6) is 0 Å². The molecule has 0 radical (unpaired) electrons. The largest absolute Gasteiger partial charge is 0.479 e. The van der Waals surface area contributed by atoms with Crippen molar-refractivity contribution >= 4 is 11.8 Å². The first kappa shape index (κ1) is 16.2. The molecule has 1 rings (SSSR count). The van der Waals surface area contributed by atoms with Gasteiger partial charge in [-0.05, 0) is 26.3 Å². The van der Waals surface area contributed by atoms with Gasteiger partial charge in [0.15, 0.2) is 5.60 Å². The zero-order valence-electron chi connectivity index (χ0n) is 12.5. The van der Waals surface area contributed by atoms with Gasteiger partial charge in [-0.1, -0.05) is 25.2 Å². The highest BCUT2D eigenvalue weighted by Gasteiger charge is 2.37. The Morgan fingerprint density at radius 3 is 2.80 bits per heavy atom. The summed E-state index contributed by atoms with van der Waals surface area (Å²) in [6.45, 7) is 6.90. The van der Waals surface area contributed by atoms with Crippen LogP contribution in [0.3, 0.4) is 0 Å². The Morgan fingerprint density at radius 1 is 1.50 bits per heavy atom. The van der Waals surface area contributed by atoms with Crippen LogP contribution in [0.25, 0.3) is 0 Å². The lowest BCUT2D eigenvalue weighted by atomic mass is 10.0. The number of hydrogen-bond acceptors (Lipinski definition) is 4. The average molecular weight is 278 g/mol. The molecule has 4 heteroatoms. The zero-order chi connectivity index (χ0) is 15.2. The third-order valence-electron chi connectivity index (χ3n) is 2.88. The standard InChI is InChI=1S/C16H22O4/c1-5-6-7-8-9-16(4)15(18)11-14(20-16)10-12(2)19-13(3)17/h6-9,11-12H,5,10H2,1-4H3/b7-6+,9-8+/t12?,16-/m0/s1. The molecule has 0 saturated carbocycles. The van der Waals surface area contributed by atoms with Gasteiger partial charge in [-0.3, -0.25) is 9.59 Å². The summed E-state index contributed by atoms with van der Waals surface area (Å²) in [5, 5.41) is 0. The first-order chi connectivity index (χ1) is 9.37. The average Bonchev–Trinajstić information content (AvgIpc) is 2.59. The fraction of sp³-hybridized carbons (Fsp3) is 0.500. The lowest BCUT2D eigenvalue weighted by Gasteiger charge is -2.21. The highest BCUT2D eigenvalue weighted by Crippen LogP contribution is 2.29. The van der Waals surface area contributed by atoms with Gasteiger partial charge in [0.2, 0.25) is 5.78 Å². The van der Waals surface area contributed by atoms with Crippen molar-refractivity contribution in [3.8, 4) is 0 Å². The van der Waals surface area contributed by atoms with Gasteiger partial charge in [-0.15, -0.1) is 0 Å². The van der Waals surface area contributed by atoms with Crippen LogP contribution in [0.1, 0.15) is 40.5 Å². The summed E-state index contributed by atoms with van der Waals surface area (Å²) in [6.07, 6.45) is 9.96. The molecule has 110 valence electrons. The molecule has 0 aromatic heterocycles. The predicted octanol–water partition coefficient (Wildman–Crippen LogP) is 3.09. The minimum atomic E-state index is -0.955. The predicted molar refractivity (Wildman–Crippen MR) is 77.0 cm³/mol. The molecule has 0 aromatic rings. The van der Waals surface area contributed by atoms with Gasteiger partial charge in [0.25, 0.3) is 0 Å². The number of hydrogen-bond donors (Lipinski definition) is 0. The van der Waals surface area contributed by atoms with Crippen LogP contribution in [0.15, 0.2) is 36.1 Å². The fourth-order valence-electron chi connectivity index (χ4n) is 1.92. The number of ether oxygens (including phenoxy) is 2. The molecule has 4 nitrogen and oxygen atoms in total. The SMILES string of the molecule is CC/C=C/C=C/[C@]1(C)OC(CC(C)OC(C)=O)=CC1=O. The molecule has 0 bridgehead atoms. The Hall–Kier alpha value is -1.84. The van der Waals surface area contributed by atoms with E-state index in [0.29, 0.717) is 12.2 Å². The lowest BCUT2D eigenvalue weighted by Crippen LogP contribution is -2.30. The van der Waals surface area contributed by atoms with E-state index < -0.39 is 5.60 Å². The topological polar surface area (TPSA) is 52.6 Å². The number of carbonyl (C=O) groups excluding carboxylic acids is 2. The summed E-state index contributed by atoms with van der Waals surface area (Å²) in [6, 6.07) is 0. The molecule has 1 aliphatic rings. The van der Waals surface area contributed by atoms with E-state index in [2.05, 4.69) is 0 Å². The zero-order valence-corrected chi connectivity index (χ0v) is 12.5.